The molecule has 7 heteroatoms. The second kappa shape index (κ2) is 7.45. The third-order valence-electron chi connectivity index (χ3n) is 3.67. The summed E-state index contributed by atoms with van der Waals surface area (Å²) in [4.78, 5) is 16.0. The molecule has 0 spiro atoms. The van der Waals surface area contributed by atoms with Crippen molar-refractivity contribution >= 4 is 11.8 Å². The lowest BCUT2D eigenvalue weighted by atomic mass is 10.2. The SMILES string of the molecule is Cc1ccccc1-n1nccc1NC(=O)NCCCn1ccnc1. The number of aryl methyl sites for hydroxylation is 2. The number of carbonyl (C=O) groups excluding carboxylic acids is 1. The van der Waals surface area contributed by atoms with Gasteiger partial charge in [-0.2, -0.15) is 5.10 Å². The molecule has 0 bridgehead atoms. The Labute approximate surface area is 140 Å². The van der Waals surface area contributed by atoms with E-state index >= 15 is 0 Å². The predicted molar refractivity (Wildman–Crippen MR) is 92.2 cm³/mol. The molecule has 2 aromatic heterocycles. The van der Waals surface area contributed by atoms with Gasteiger partial charge in [0, 0.05) is 31.5 Å². The number of nitrogens with one attached hydrogen (secondary N) is 2. The summed E-state index contributed by atoms with van der Waals surface area (Å²) in [7, 11) is 0. The van der Waals surface area contributed by atoms with Crippen molar-refractivity contribution in [3.05, 3.63) is 60.8 Å². The monoisotopic (exact) mass is 324 g/mol. The first-order valence-corrected chi connectivity index (χ1v) is 7.84. The van der Waals surface area contributed by atoms with E-state index in [9.17, 15) is 4.79 Å². The number of benzene rings is 1. The number of anilines is 1. The first-order valence-electron chi connectivity index (χ1n) is 7.84. The van der Waals surface area contributed by atoms with Crippen LogP contribution in [0.5, 0.6) is 0 Å². The van der Waals surface area contributed by atoms with Crippen LogP contribution in [0.1, 0.15) is 12.0 Å². The van der Waals surface area contributed by atoms with Crippen molar-refractivity contribution in [2.75, 3.05) is 11.9 Å². The van der Waals surface area contributed by atoms with Crippen LogP contribution in [0.3, 0.4) is 0 Å². The lowest BCUT2D eigenvalue weighted by Crippen LogP contribution is -2.30. The number of rotatable bonds is 6. The molecule has 2 heterocycles. The molecule has 0 aliphatic carbocycles. The van der Waals surface area contributed by atoms with Crippen molar-refractivity contribution < 1.29 is 4.79 Å². The van der Waals surface area contributed by atoms with Crippen LogP contribution in [0.4, 0.5) is 10.6 Å². The molecule has 0 atom stereocenters. The molecular formula is C17H20N6O. The number of aromatic nitrogens is 4. The van der Waals surface area contributed by atoms with E-state index in [2.05, 4.69) is 20.7 Å². The van der Waals surface area contributed by atoms with E-state index in [-0.39, 0.29) is 6.03 Å². The summed E-state index contributed by atoms with van der Waals surface area (Å²) in [5.74, 6) is 0.636. The first-order chi connectivity index (χ1) is 11.7. The van der Waals surface area contributed by atoms with Gasteiger partial charge in [0.25, 0.3) is 0 Å². The summed E-state index contributed by atoms with van der Waals surface area (Å²) in [6.07, 6.45) is 7.91. The van der Waals surface area contributed by atoms with Crippen LogP contribution in [-0.2, 0) is 6.54 Å². The fourth-order valence-corrected chi connectivity index (χ4v) is 2.43. The Balaban J connectivity index is 1.54. The molecule has 2 N–H and O–H groups in total. The molecule has 0 aliphatic rings. The molecule has 124 valence electrons. The molecule has 3 aromatic rings. The number of imidazole rings is 1. The summed E-state index contributed by atoms with van der Waals surface area (Å²) in [5.41, 5.74) is 2.03. The van der Waals surface area contributed by atoms with Crippen LogP contribution in [0.2, 0.25) is 0 Å². The lowest BCUT2D eigenvalue weighted by molar-refractivity contribution is 0.251. The van der Waals surface area contributed by atoms with Gasteiger partial charge >= 0.3 is 6.03 Å². The van der Waals surface area contributed by atoms with Gasteiger partial charge < -0.3 is 9.88 Å². The minimum Gasteiger partial charge on any atom is -0.338 e. The van der Waals surface area contributed by atoms with E-state index in [0.29, 0.717) is 12.4 Å². The van der Waals surface area contributed by atoms with Gasteiger partial charge in [-0.1, -0.05) is 18.2 Å². The second-order valence-corrected chi connectivity index (χ2v) is 5.45. The second-order valence-electron chi connectivity index (χ2n) is 5.45. The fourth-order valence-electron chi connectivity index (χ4n) is 2.43. The standard InChI is InChI=1S/C17H20N6O/c1-14-5-2-3-6-15(14)23-16(7-9-20-23)21-17(24)19-8-4-11-22-12-10-18-13-22/h2-3,5-7,9-10,12-13H,4,8,11H2,1H3,(H2,19,21,24). The summed E-state index contributed by atoms with van der Waals surface area (Å²) in [6, 6.07) is 9.44. The highest BCUT2D eigenvalue weighted by atomic mass is 16.2. The van der Waals surface area contributed by atoms with Gasteiger partial charge in [-0.25, -0.2) is 14.5 Å². The summed E-state index contributed by atoms with van der Waals surface area (Å²) in [5, 5.41) is 9.99. The zero-order valence-corrected chi connectivity index (χ0v) is 13.5. The zero-order valence-electron chi connectivity index (χ0n) is 13.5. The quantitative estimate of drug-likeness (QED) is 0.684. The molecule has 0 saturated carbocycles. The van der Waals surface area contributed by atoms with Crippen molar-refractivity contribution in [2.24, 2.45) is 0 Å². The van der Waals surface area contributed by atoms with Crippen LogP contribution in [-0.4, -0.2) is 31.9 Å². The largest absolute Gasteiger partial charge is 0.338 e. The minimum atomic E-state index is -0.240. The zero-order chi connectivity index (χ0) is 16.8. The highest BCUT2D eigenvalue weighted by molar-refractivity contribution is 5.88. The Morgan fingerprint density at radius 1 is 1.21 bits per heavy atom. The molecular weight excluding hydrogens is 304 g/mol. The maximum Gasteiger partial charge on any atom is 0.320 e. The molecule has 3 rings (SSSR count). The van der Waals surface area contributed by atoms with E-state index in [1.807, 2.05) is 42.0 Å². The molecule has 0 saturated heterocycles. The van der Waals surface area contributed by atoms with E-state index in [0.717, 1.165) is 24.2 Å². The Morgan fingerprint density at radius 3 is 2.88 bits per heavy atom. The fraction of sp³-hybridized carbons (Fsp3) is 0.235. The van der Waals surface area contributed by atoms with Gasteiger partial charge in [0.15, 0.2) is 0 Å². The Hall–Kier alpha value is -3.09. The molecule has 2 amide bonds. The van der Waals surface area contributed by atoms with Gasteiger partial charge in [0.05, 0.1) is 18.2 Å². The highest BCUT2D eigenvalue weighted by Gasteiger charge is 2.09. The average Bonchev–Trinajstić information content (AvgIpc) is 3.24. The van der Waals surface area contributed by atoms with E-state index in [1.54, 1.807) is 29.5 Å². The van der Waals surface area contributed by atoms with Crippen molar-refractivity contribution in [1.82, 2.24) is 24.6 Å². The van der Waals surface area contributed by atoms with Gasteiger partial charge in [-0.05, 0) is 25.0 Å². The van der Waals surface area contributed by atoms with Gasteiger partial charge in [0.1, 0.15) is 5.82 Å². The Morgan fingerprint density at radius 2 is 2.08 bits per heavy atom. The van der Waals surface area contributed by atoms with E-state index < -0.39 is 0 Å². The van der Waals surface area contributed by atoms with Crippen LogP contribution >= 0.6 is 0 Å². The van der Waals surface area contributed by atoms with Crippen LogP contribution in [0.15, 0.2) is 55.2 Å². The molecule has 24 heavy (non-hydrogen) atoms. The number of hydrogen-bond acceptors (Lipinski definition) is 3. The van der Waals surface area contributed by atoms with Crippen LogP contribution < -0.4 is 10.6 Å². The molecule has 0 fully saturated rings. The molecule has 1 aromatic carbocycles. The van der Waals surface area contributed by atoms with Crippen molar-refractivity contribution in [2.45, 2.75) is 19.9 Å². The molecule has 7 nitrogen and oxygen atoms in total. The number of amides is 2. The van der Waals surface area contributed by atoms with Gasteiger partial charge in [-0.15, -0.1) is 0 Å². The summed E-state index contributed by atoms with van der Waals surface area (Å²) >= 11 is 0. The number of urea groups is 1. The van der Waals surface area contributed by atoms with Gasteiger partial charge in [-0.3, -0.25) is 5.32 Å². The normalized spacial score (nSPS) is 10.5. The number of carbonyl (C=O) groups is 1. The predicted octanol–water partition coefficient (Wildman–Crippen LogP) is 2.59. The van der Waals surface area contributed by atoms with E-state index in [4.69, 9.17) is 0 Å². The third kappa shape index (κ3) is 3.81. The van der Waals surface area contributed by atoms with Gasteiger partial charge in [0.2, 0.25) is 0 Å². The minimum absolute atomic E-state index is 0.240. The molecule has 0 unspecified atom stereocenters. The maximum absolute atomic E-state index is 12.1. The third-order valence-corrected chi connectivity index (χ3v) is 3.67. The average molecular weight is 324 g/mol. The number of hydrogen-bond donors (Lipinski definition) is 2. The maximum atomic E-state index is 12.1. The van der Waals surface area contributed by atoms with Crippen molar-refractivity contribution in [1.29, 1.82) is 0 Å². The highest BCUT2D eigenvalue weighted by Crippen LogP contribution is 2.17. The molecule has 0 aliphatic heterocycles. The topological polar surface area (TPSA) is 76.8 Å². The van der Waals surface area contributed by atoms with Crippen molar-refractivity contribution in [3.63, 3.8) is 0 Å². The van der Waals surface area contributed by atoms with Crippen LogP contribution in [0.25, 0.3) is 5.69 Å². The molecule has 0 radical (unpaired) electrons. The Bertz CT molecular complexity index is 793. The summed E-state index contributed by atoms with van der Waals surface area (Å²) < 4.78 is 3.70. The Kier molecular flexibility index (Phi) is 4.90. The smallest absolute Gasteiger partial charge is 0.320 e. The van der Waals surface area contributed by atoms with Crippen LogP contribution in [0, 0.1) is 6.92 Å². The lowest BCUT2D eigenvalue weighted by Gasteiger charge is -2.12. The van der Waals surface area contributed by atoms with E-state index in [1.165, 1.54) is 0 Å². The first kappa shape index (κ1) is 15.8. The number of nitrogens with zero attached hydrogens (tertiary/aromatic N) is 4. The van der Waals surface area contributed by atoms with Crippen molar-refractivity contribution in [3.8, 4) is 5.69 Å². The summed E-state index contributed by atoms with van der Waals surface area (Å²) in [6.45, 7) is 3.42. The number of para-hydroxylation sites is 1.